The van der Waals surface area contributed by atoms with E-state index >= 15 is 0 Å². The molecule has 0 spiro atoms. The Hall–Kier alpha value is -1.76. The Morgan fingerprint density at radius 3 is 2.92 bits per heavy atom. The fourth-order valence-electron chi connectivity index (χ4n) is 3.17. The highest BCUT2D eigenvalue weighted by molar-refractivity contribution is 6.42. The van der Waals surface area contributed by atoms with Gasteiger partial charge < -0.3 is 15.0 Å². The highest BCUT2D eigenvalue weighted by atomic mass is 35.5. The van der Waals surface area contributed by atoms with Crippen molar-refractivity contribution in [2.45, 2.75) is 25.4 Å². The molecule has 0 bridgehead atoms. The number of aromatic amines is 1. The second kappa shape index (κ2) is 8.29. The minimum Gasteiger partial charge on any atom is -0.489 e. The lowest BCUT2D eigenvalue weighted by Gasteiger charge is -2.23. The number of nitrogens with zero attached hydrogens (tertiary/aromatic N) is 2. The predicted molar refractivity (Wildman–Crippen MR) is 102 cm³/mol. The average Bonchev–Trinajstić information content (AvgIpc) is 3.27. The zero-order valence-electron chi connectivity index (χ0n) is 14.8. The van der Waals surface area contributed by atoms with E-state index in [1.165, 1.54) is 0 Å². The van der Waals surface area contributed by atoms with Gasteiger partial charge in [-0.15, -0.1) is 0 Å². The maximum atomic E-state index is 12.8. The predicted octanol–water partition coefficient (Wildman–Crippen LogP) is 3.33. The van der Waals surface area contributed by atoms with Gasteiger partial charge in [0, 0.05) is 25.6 Å². The van der Waals surface area contributed by atoms with Gasteiger partial charge in [-0.3, -0.25) is 9.89 Å². The summed E-state index contributed by atoms with van der Waals surface area (Å²) in [5, 5.41) is 11.3. The van der Waals surface area contributed by atoms with Crippen molar-refractivity contribution in [3.63, 3.8) is 0 Å². The van der Waals surface area contributed by atoms with Crippen LogP contribution in [0.4, 0.5) is 0 Å². The van der Waals surface area contributed by atoms with Gasteiger partial charge in [-0.1, -0.05) is 23.2 Å². The number of hydrogen-bond acceptors (Lipinski definition) is 4. The number of hydrogen-bond donors (Lipinski definition) is 2. The van der Waals surface area contributed by atoms with E-state index in [0.717, 1.165) is 25.2 Å². The standard InChI is InChI=1S/C18H22Cl2N4O2/c1-11(26-13-3-4-15(19)16(20)7-13)10-24(2)18(25)14-9-22-23-17(14)12-5-6-21-8-12/h3-4,7,9,11-12,21H,5-6,8,10H2,1-2H3,(H,22,23). The number of H-pyrrole nitrogens is 1. The van der Waals surface area contributed by atoms with E-state index in [0.29, 0.717) is 33.8 Å². The second-order valence-corrected chi connectivity index (χ2v) is 7.39. The molecule has 1 aromatic heterocycles. The summed E-state index contributed by atoms with van der Waals surface area (Å²) in [6.45, 7) is 4.17. The lowest BCUT2D eigenvalue weighted by molar-refractivity contribution is 0.0725. The SMILES string of the molecule is CC(CN(C)C(=O)c1cn[nH]c1C1CCNC1)Oc1ccc(Cl)c(Cl)c1. The van der Waals surface area contributed by atoms with Gasteiger partial charge in [0.1, 0.15) is 11.9 Å². The number of ether oxygens (including phenoxy) is 1. The lowest BCUT2D eigenvalue weighted by Crippen LogP contribution is -2.36. The van der Waals surface area contributed by atoms with Gasteiger partial charge in [-0.25, -0.2) is 0 Å². The van der Waals surface area contributed by atoms with Crippen LogP contribution in [0.5, 0.6) is 5.75 Å². The first-order chi connectivity index (χ1) is 12.5. The first kappa shape index (κ1) is 19.0. The molecule has 1 aromatic carbocycles. The maximum absolute atomic E-state index is 12.8. The number of nitrogens with one attached hydrogen (secondary N) is 2. The minimum absolute atomic E-state index is 0.0646. The van der Waals surface area contributed by atoms with Crippen LogP contribution in [0.2, 0.25) is 10.0 Å². The molecule has 2 aromatic rings. The van der Waals surface area contributed by atoms with Crippen molar-refractivity contribution >= 4 is 29.1 Å². The molecule has 3 rings (SSSR count). The summed E-state index contributed by atoms with van der Waals surface area (Å²) in [5.74, 6) is 0.855. The lowest BCUT2D eigenvalue weighted by atomic mass is 10.0. The van der Waals surface area contributed by atoms with E-state index in [-0.39, 0.29) is 12.0 Å². The molecule has 26 heavy (non-hydrogen) atoms. The molecule has 0 saturated carbocycles. The Morgan fingerprint density at radius 2 is 2.23 bits per heavy atom. The summed E-state index contributed by atoms with van der Waals surface area (Å²) < 4.78 is 5.85. The van der Waals surface area contributed by atoms with Crippen molar-refractivity contribution in [2.24, 2.45) is 0 Å². The molecular formula is C18H22Cl2N4O2. The Morgan fingerprint density at radius 1 is 1.42 bits per heavy atom. The normalized spacial score (nSPS) is 17.9. The summed E-state index contributed by atoms with van der Waals surface area (Å²) >= 11 is 11.9. The average molecular weight is 397 g/mol. The van der Waals surface area contributed by atoms with Crippen molar-refractivity contribution in [1.29, 1.82) is 0 Å². The van der Waals surface area contributed by atoms with E-state index in [4.69, 9.17) is 27.9 Å². The van der Waals surface area contributed by atoms with Crippen molar-refractivity contribution in [3.8, 4) is 5.75 Å². The Labute approximate surface area is 162 Å². The molecule has 2 unspecified atom stereocenters. The molecule has 2 atom stereocenters. The van der Waals surface area contributed by atoms with Crippen LogP contribution < -0.4 is 10.1 Å². The van der Waals surface area contributed by atoms with E-state index in [2.05, 4.69) is 15.5 Å². The topological polar surface area (TPSA) is 70.2 Å². The number of likely N-dealkylation sites (N-methyl/N-ethyl adjacent to an activating group) is 1. The molecule has 1 fully saturated rings. The maximum Gasteiger partial charge on any atom is 0.257 e. The first-order valence-electron chi connectivity index (χ1n) is 8.57. The molecule has 1 aliphatic rings. The number of halogens is 2. The monoisotopic (exact) mass is 396 g/mol. The Balaban J connectivity index is 1.62. The molecule has 1 amide bonds. The zero-order chi connectivity index (χ0) is 18.7. The van der Waals surface area contributed by atoms with Crippen molar-refractivity contribution < 1.29 is 9.53 Å². The van der Waals surface area contributed by atoms with Gasteiger partial charge >= 0.3 is 0 Å². The Bertz CT molecular complexity index is 774. The Kier molecular flexibility index (Phi) is 6.06. The van der Waals surface area contributed by atoms with Crippen LogP contribution in [0.25, 0.3) is 0 Å². The summed E-state index contributed by atoms with van der Waals surface area (Å²) in [6, 6.07) is 5.12. The van der Waals surface area contributed by atoms with Crippen LogP contribution >= 0.6 is 23.2 Å². The summed E-state index contributed by atoms with van der Waals surface area (Å²) in [5.41, 5.74) is 1.54. The third kappa shape index (κ3) is 4.31. The summed E-state index contributed by atoms with van der Waals surface area (Å²) in [7, 11) is 1.76. The van der Waals surface area contributed by atoms with Gasteiger partial charge in [0.25, 0.3) is 5.91 Å². The van der Waals surface area contributed by atoms with Gasteiger partial charge in [0.2, 0.25) is 0 Å². The first-order valence-corrected chi connectivity index (χ1v) is 9.32. The number of amides is 1. The second-order valence-electron chi connectivity index (χ2n) is 6.58. The highest BCUT2D eigenvalue weighted by Crippen LogP contribution is 2.27. The summed E-state index contributed by atoms with van der Waals surface area (Å²) in [4.78, 5) is 14.5. The quantitative estimate of drug-likeness (QED) is 0.785. The minimum atomic E-state index is -0.204. The zero-order valence-corrected chi connectivity index (χ0v) is 16.3. The largest absolute Gasteiger partial charge is 0.489 e. The smallest absolute Gasteiger partial charge is 0.257 e. The van der Waals surface area contributed by atoms with E-state index in [1.807, 2.05) is 6.92 Å². The van der Waals surface area contributed by atoms with Crippen molar-refractivity contribution in [2.75, 3.05) is 26.7 Å². The molecule has 6 nitrogen and oxygen atoms in total. The molecule has 2 heterocycles. The van der Waals surface area contributed by atoms with Crippen LogP contribution in [0.15, 0.2) is 24.4 Å². The molecule has 140 valence electrons. The van der Waals surface area contributed by atoms with Crippen LogP contribution in [-0.2, 0) is 0 Å². The number of carbonyl (C=O) groups excluding carboxylic acids is 1. The van der Waals surface area contributed by atoms with E-state index < -0.39 is 0 Å². The fourth-order valence-corrected chi connectivity index (χ4v) is 3.46. The molecule has 8 heteroatoms. The van der Waals surface area contributed by atoms with Crippen LogP contribution in [0, 0.1) is 0 Å². The molecular weight excluding hydrogens is 375 g/mol. The van der Waals surface area contributed by atoms with E-state index in [9.17, 15) is 4.79 Å². The van der Waals surface area contributed by atoms with Gasteiger partial charge in [-0.05, 0) is 32.0 Å². The number of carbonyl (C=O) groups is 1. The van der Waals surface area contributed by atoms with Crippen molar-refractivity contribution in [3.05, 3.63) is 45.7 Å². The molecule has 2 N–H and O–H groups in total. The van der Waals surface area contributed by atoms with Crippen LogP contribution in [0.1, 0.15) is 35.3 Å². The highest BCUT2D eigenvalue weighted by Gasteiger charge is 2.26. The molecule has 0 aliphatic carbocycles. The number of rotatable bonds is 6. The number of aromatic nitrogens is 2. The summed E-state index contributed by atoms with van der Waals surface area (Å²) in [6.07, 6.45) is 2.41. The third-order valence-corrected chi connectivity index (χ3v) is 5.21. The molecule has 1 aliphatic heterocycles. The van der Waals surface area contributed by atoms with Crippen LogP contribution in [-0.4, -0.2) is 53.8 Å². The molecule has 0 radical (unpaired) electrons. The van der Waals surface area contributed by atoms with E-state index in [1.54, 1.807) is 36.3 Å². The van der Waals surface area contributed by atoms with Gasteiger partial charge in [0.15, 0.2) is 0 Å². The van der Waals surface area contributed by atoms with Gasteiger partial charge in [-0.2, -0.15) is 5.10 Å². The van der Waals surface area contributed by atoms with Crippen molar-refractivity contribution in [1.82, 2.24) is 20.4 Å². The molecule has 1 saturated heterocycles. The van der Waals surface area contributed by atoms with Gasteiger partial charge in [0.05, 0.1) is 34.0 Å². The van der Waals surface area contributed by atoms with Crippen LogP contribution in [0.3, 0.4) is 0 Å². The number of benzene rings is 1. The third-order valence-electron chi connectivity index (χ3n) is 4.47. The fraction of sp³-hybridized carbons (Fsp3) is 0.444.